The molecule has 5 heteroatoms. The molecule has 0 aromatic rings. The molecule has 0 aromatic carbocycles. The molecule has 0 spiro atoms. The van der Waals surface area contributed by atoms with E-state index in [1.54, 1.807) is 0 Å². The summed E-state index contributed by atoms with van der Waals surface area (Å²) in [4.78, 5) is 0. The van der Waals surface area contributed by atoms with Gasteiger partial charge in [-0.2, -0.15) is 0 Å². The number of halogens is 3. The van der Waals surface area contributed by atoms with Crippen LogP contribution in [0.2, 0.25) is 0 Å². The van der Waals surface area contributed by atoms with Gasteiger partial charge in [-0.3, -0.25) is 0 Å². The molecule has 0 aromatic heterocycles. The molecule has 0 saturated carbocycles. The van der Waals surface area contributed by atoms with Crippen molar-refractivity contribution >= 4 is 70.1 Å². The van der Waals surface area contributed by atoms with E-state index in [1.807, 2.05) is 0 Å². The van der Waals surface area contributed by atoms with Crippen LogP contribution in [0.4, 0.5) is 0 Å². The zero-order valence-corrected chi connectivity index (χ0v) is 10.2. The Bertz CT molecular complexity index is 11.6. The Morgan fingerprint density at radius 3 is 1.00 bits per heavy atom. The average Bonchev–Trinajstić information content (AvgIpc) is 0.811. The van der Waals surface area contributed by atoms with E-state index in [0.29, 0.717) is 0 Å². The third kappa shape index (κ3) is 19.9. The molecule has 0 saturated heterocycles. The SMILES string of the molecule is [Br][Sn]([Br])[Br].[Li]. The third-order valence-electron chi connectivity index (χ3n) is 0. The fraction of sp³-hybridized carbons (Fsp3) is 0. The molecule has 5 heavy (non-hydrogen) atoms. The summed E-state index contributed by atoms with van der Waals surface area (Å²) >= 11 is 8.80. The minimum atomic E-state index is -1.11. The van der Waals surface area contributed by atoms with Crippen molar-refractivity contribution < 1.29 is 0 Å². The molecule has 0 heterocycles. The molecule has 0 aliphatic carbocycles. The summed E-state index contributed by atoms with van der Waals surface area (Å²) in [7, 11) is 0. The molecule has 0 rings (SSSR count). The quantitative estimate of drug-likeness (QED) is 0.574. The molecule has 26 valence electrons. The van der Waals surface area contributed by atoms with Crippen LogP contribution in [-0.2, 0) is 0 Å². The summed E-state index contributed by atoms with van der Waals surface area (Å²) in [5.74, 6) is 0. The van der Waals surface area contributed by atoms with Gasteiger partial charge in [-0.1, -0.05) is 0 Å². The second-order valence-corrected chi connectivity index (χ2v) is 38.8. The maximum Gasteiger partial charge on any atom is 0 e. The summed E-state index contributed by atoms with van der Waals surface area (Å²) < 4.78 is 0. The molecule has 0 atom stereocenters. The van der Waals surface area contributed by atoms with Gasteiger partial charge >= 0.3 is 51.2 Å². The van der Waals surface area contributed by atoms with Gasteiger partial charge in [0.2, 0.25) is 0 Å². The second kappa shape index (κ2) is 6.84. The summed E-state index contributed by atoms with van der Waals surface area (Å²) in [5, 5.41) is 0. The van der Waals surface area contributed by atoms with Crippen LogP contribution in [-0.4, -0.2) is 32.0 Å². The van der Waals surface area contributed by atoms with Gasteiger partial charge in [-0.15, -0.1) is 0 Å². The fourth-order valence-electron chi connectivity index (χ4n) is 0. The van der Waals surface area contributed by atoms with E-state index in [1.165, 1.54) is 0 Å². The molecule has 0 N–H and O–H groups in total. The molecule has 0 unspecified atom stereocenters. The Morgan fingerprint density at radius 2 is 1.00 bits per heavy atom. The van der Waals surface area contributed by atoms with Crippen molar-refractivity contribution in [3.8, 4) is 0 Å². The second-order valence-electron chi connectivity index (χ2n) is 0.214. The maximum absolute atomic E-state index is 3.30. The van der Waals surface area contributed by atoms with Crippen LogP contribution < -0.4 is 0 Å². The summed E-state index contributed by atoms with van der Waals surface area (Å²) in [5.41, 5.74) is 0. The normalized spacial score (nSPS) is 7.20. The molecule has 0 aliphatic heterocycles. The largest absolute Gasteiger partial charge is 0 e. The van der Waals surface area contributed by atoms with Gasteiger partial charge < -0.3 is 0 Å². The number of hydrogen-bond donors (Lipinski definition) is 0. The Kier molecular flexibility index (Phi) is 14.7. The van der Waals surface area contributed by atoms with E-state index in [9.17, 15) is 0 Å². The van der Waals surface area contributed by atoms with Gasteiger partial charge in [0.1, 0.15) is 0 Å². The molecular formula is Br3LiSn. The van der Waals surface area contributed by atoms with Gasteiger partial charge in [0.15, 0.2) is 0 Å². The van der Waals surface area contributed by atoms with Crippen LogP contribution in [0, 0.1) is 0 Å². The monoisotopic (exact) mass is 364 g/mol. The Balaban J connectivity index is 0. The first-order chi connectivity index (χ1) is 1.73. The maximum atomic E-state index is 3.30. The van der Waals surface area contributed by atoms with Crippen LogP contribution in [0.5, 0.6) is 0 Å². The third-order valence-corrected chi connectivity index (χ3v) is 0. The van der Waals surface area contributed by atoms with Crippen LogP contribution in [0.3, 0.4) is 0 Å². The summed E-state index contributed by atoms with van der Waals surface area (Å²) in [6.45, 7) is 0. The van der Waals surface area contributed by atoms with Crippen LogP contribution in [0.25, 0.3) is 0 Å². The van der Waals surface area contributed by atoms with Crippen LogP contribution >= 0.6 is 38.1 Å². The first kappa shape index (κ1) is 10.8. The smallest absolute Gasteiger partial charge is 0 e. The first-order valence-electron chi connectivity index (χ1n) is 0.567. The van der Waals surface area contributed by atoms with Gasteiger partial charge in [-0.25, -0.2) is 0 Å². The molecule has 0 amide bonds. The average molecular weight is 365 g/mol. The standard InChI is InChI=1S/3BrH.Li.Sn/h3*1H;;/q;;;;+3/p-3. The fourth-order valence-corrected chi connectivity index (χ4v) is 0. The van der Waals surface area contributed by atoms with Crippen molar-refractivity contribution in [1.82, 2.24) is 0 Å². The summed E-state index contributed by atoms with van der Waals surface area (Å²) in [6, 6.07) is 0. The van der Waals surface area contributed by atoms with Crippen molar-refractivity contribution in [2.75, 3.05) is 0 Å². The minimum absolute atomic E-state index is 0. The van der Waals surface area contributed by atoms with Crippen molar-refractivity contribution in [3.63, 3.8) is 0 Å². The van der Waals surface area contributed by atoms with Crippen molar-refractivity contribution in [1.29, 1.82) is 0 Å². The van der Waals surface area contributed by atoms with Crippen LogP contribution in [0.15, 0.2) is 0 Å². The van der Waals surface area contributed by atoms with Gasteiger partial charge in [0, 0.05) is 18.9 Å². The van der Waals surface area contributed by atoms with Crippen molar-refractivity contribution in [3.05, 3.63) is 0 Å². The van der Waals surface area contributed by atoms with Crippen molar-refractivity contribution in [2.45, 2.75) is 0 Å². The number of rotatable bonds is 0. The molecule has 2 radical (unpaired) electrons. The zero-order valence-electron chi connectivity index (χ0n) is 2.63. The number of hydrogen-bond acceptors (Lipinski definition) is 0. The van der Waals surface area contributed by atoms with E-state index in [2.05, 4.69) is 38.1 Å². The van der Waals surface area contributed by atoms with Gasteiger partial charge in [-0.05, 0) is 0 Å². The predicted octanol–water partition coefficient (Wildman–Crippen LogP) is 1.78. The molecule has 0 fully saturated rings. The van der Waals surface area contributed by atoms with Gasteiger partial charge in [0.25, 0.3) is 0 Å². The molecular weight excluding hydrogens is 365 g/mol. The Hall–Kier alpha value is 2.84. The molecule has 0 bridgehead atoms. The Labute approximate surface area is 68.6 Å². The van der Waals surface area contributed by atoms with E-state index in [-0.39, 0.29) is 18.9 Å². The van der Waals surface area contributed by atoms with E-state index < -0.39 is 13.1 Å². The van der Waals surface area contributed by atoms with Crippen molar-refractivity contribution in [2.24, 2.45) is 0 Å². The first-order valence-corrected chi connectivity index (χ1v) is 19.8. The molecule has 0 nitrogen and oxygen atoms in total. The zero-order chi connectivity index (χ0) is 3.58. The van der Waals surface area contributed by atoms with E-state index in [0.717, 1.165) is 0 Å². The minimum Gasteiger partial charge on any atom is 0 e. The predicted molar refractivity (Wildman–Crippen MR) is 38.3 cm³/mol. The summed E-state index contributed by atoms with van der Waals surface area (Å²) in [6.07, 6.45) is 0. The van der Waals surface area contributed by atoms with E-state index in [4.69, 9.17) is 0 Å². The van der Waals surface area contributed by atoms with E-state index >= 15 is 0 Å². The topological polar surface area (TPSA) is 0 Å². The van der Waals surface area contributed by atoms with Crippen LogP contribution in [0.1, 0.15) is 0 Å². The van der Waals surface area contributed by atoms with Gasteiger partial charge in [0.05, 0.1) is 0 Å². The molecule has 0 aliphatic rings. The Morgan fingerprint density at radius 1 is 1.00 bits per heavy atom.